The van der Waals surface area contributed by atoms with Gasteiger partial charge in [0.05, 0.1) is 0 Å². The average Bonchev–Trinajstić information content (AvgIpc) is 2.48. The van der Waals surface area contributed by atoms with Crippen molar-refractivity contribution in [2.45, 2.75) is 18.9 Å². The number of nitrogens with zero attached hydrogens (tertiary/aromatic N) is 1. The van der Waals surface area contributed by atoms with Crippen molar-refractivity contribution in [2.24, 2.45) is 0 Å². The van der Waals surface area contributed by atoms with Crippen molar-refractivity contribution >= 4 is 12.4 Å². The fourth-order valence-corrected chi connectivity index (χ4v) is 2.61. The zero-order valence-corrected chi connectivity index (χ0v) is 12.4. The van der Waals surface area contributed by atoms with Gasteiger partial charge in [-0.2, -0.15) is 0 Å². The van der Waals surface area contributed by atoms with Gasteiger partial charge in [0.15, 0.2) is 17.5 Å². The van der Waals surface area contributed by atoms with Gasteiger partial charge in [0.1, 0.15) is 0 Å². The van der Waals surface area contributed by atoms with Gasteiger partial charge in [0.2, 0.25) is 0 Å². The molecule has 0 aromatic heterocycles. The minimum Gasteiger partial charge on any atom is -0.396 e. The van der Waals surface area contributed by atoms with Crippen molar-refractivity contribution in [1.82, 2.24) is 10.2 Å². The molecule has 1 aliphatic heterocycles. The quantitative estimate of drug-likeness (QED) is 0.816. The van der Waals surface area contributed by atoms with Crippen molar-refractivity contribution in [3.63, 3.8) is 0 Å². The van der Waals surface area contributed by atoms with Crippen LogP contribution in [-0.2, 0) is 0 Å². The Morgan fingerprint density at radius 2 is 1.81 bits per heavy atom. The fourth-order valence-electron chi connectivity index (χ4n) is 2.61. The van der Waals surface area contributed by atoms with E-state index >= 15 is 0 Å². The first-order chi connectivity index (χ1) is 9.65. The van der Waals surface area contributed by atoms with E-state index in [1.807, 2.05) is 4.90 Å². The van der Waals surface area contributed by atoms with E-state index in [1.54, 1.807) is 0 Å². The second kappa shape index (κ2) is 8.58. The Kier molecular flexibility index (Phi) is 7.45. The first-order valence-corrected chi connectivity index (χ1v) is 6.84. The van der Waals surface area contributed by atoms with Gasteiger partial charge in [0.25, 0.3) is 0 Å². The molecule has 3 nitrogen and oxygen atoms in total. The van der Waals surface area contributed by atoms with Crippen LogP contribution in [-0.4, -0.2) is 42.8 Å². The monoisotopic (exact) mass is 324 g/mol. The number of halogens is 4. The lowest BCUT2D eigenvalue weighted by Crippen LogP contribution is -2.45. The number of aliphatic hydroxyl groups excluding tert-OH is 1. The molecule has 1 aromatic carbocycles. The molecule has 1 aromatic rings. The summed E-state index contributed by atoms with van der Waals surface area (Å²) in [5, 5.41) is 12.2. The summed E-state index contributed by atoms with van der Waals surface area (Å²) in [4.78, 5) is 2.04. The summed E-state index contributed by atoms with van der Waals surface area (Å²) in [6.45, 7) is 2.98. The second-order valence-corrected chi connectivity index (χ2v) is 4.93. The van der Waals surface area contributed by atoms with Crippen LogP contribution in [0, 0.1) is 17.5 Å². The van der Waals surface area contributed by atoms with Gasteiger partial charge in [-0.25, -0.2) is 13.2 Å². The highest BCUT2D eigenvalue weighted by molar-refractivity contribution is 5.85. The molecule has 120 valence electrons. The zero-order valence-electron chi connectivity index (χ0n) is 11.6. The number of piperazine rings is 1. The maximum atomic E-state index is 14.0. The van der Waals surface area contributed by atoms with E-state index in [-0.39, 0.29) is 30.6 Å². The molecule has 0 saturated carbocycles. The lowest BCUT2D eigenvalue weighted by molar-refractivity contribution is 0.151. The number of benzene rings is 1. The fraction of sp³-hybridized carbons (Fsp3) is 0.571. The Hall–Kier alpha value is -0.820. The van der Waals surface area contributed by atoms with E-state index < -0.39 is 17.5 Å². The third kappa shape index (κ3) is 4.32. The Labute approximate surface area is 128 Å². The highest BCUT2D eigenvalue weighted by atomic mass is 35.5. The van der Waals surface area contributed by atoms with E-state index in [2.05, 4.69) is 5.32 Å². The van der Waals surface area contributed by atoms with Gasteiger partial charge >= 0.3 is 0 Å². The molecule has 0 spiro atoms. The predicted molar refractivity (Wildman–Crippen MR) is 77.1 cm³/mol. The van der Waals surface area contributed by atoms with E-state index in [1.165, 1.54) is 6.07 Å². The van der Waals surface area contributed by atoms with E-state index in [4.69, 9.17) is 5.11 Å². The molecule has 1 aliphatic rings. The minimum absolute atomic E-state index is 0. The Morgan fingerprint density at radius 1 is 1.14 bits per heavy atom. The van der Waals surface area contributed by atoms with Crippen LogP contribution in [0.2, 0.25) is 0 Å². The smallest absolute Gasteiger partial charge is 0.194 e. The molecule has 0 amide bonds. The third-order valence-corrected chi connectivity index (χ3v) is 3.65. The number of hydrogen-bond acceptors (Lipinski definition) is 3. The SMILES string of the molecule is Cl.OCCC[C@@H](c1ccc(F)c(F)c1F)N1CCNCC1. The standard InChI is InChI=1S/C14H19F3N2O.ClH/c15-11-4-3-10(13(16)14(11)17)12(2-1-9-20)19-7-5-18-6-8-19;/h3-4,12,18,20H,1-2,5-9H2;1H/t12-;/m0./s1. The Morgan fingerprint density at radius 3 is 2.43 bits per heavy atom. The van der Waals surface area contributed by atoms with Crippen LogP contribution < -0.4 is 5.32 Å². The molecule has 1 atom stereocenters. The van der Waals surface area contributed by atoms with Crippen molar-refractivity contribution in [2.75, 3.05) is 32.8 Å². The Bertz CT molecular complexity index is 456. The van der Waals surface area contributed by atoms with E-state index in [0.717, 1.165) is 19.2 Å². The summed E-state index contributed by atoms with van der Waals surface area (Å²) in [7, 11) is 0. The lowest BCUT2D eigenvalue weighted by Gasteiger charge is -2.35. The maximum absolute atomic E-state index is 14.0. The summed E-state index contributed by atoms with van der Waals surface area (Å²) in [5.74, 6) is -3.72. The summed E-state index contributed by atoms with van der Waals surface area (Å²) in [5.41, 5.74) is 0.166. The molecular weight excluding hydrogens is 305 g/mol. The number of nitrogens with one attached hydrogen (secondary N) is 1. The van der Waals surface area contributed by atoms with Gasteiger partial charge in [-0.15, -0.1) is 12.4 Å². The largest absolute Gasteiger partial charge is 0.396 e. The van der Waals surface area contributed by atoms with Crippen molar-refractivity contribution in [1.29, 1.82) is 0 Å². The molecule has 1 heterocycles. The van der Waals surface area contributed by atoms with Crippen molar-refractivity contribution < 1.29 is 18.3 Å². The van der Waals surface area contributed by atoms with Gasteiger partial charge in [-0.05, 0) is 18.9 Å². The third-order valence-electron chi connectivity index (χ3n) is 3.65. The van der Waals surface area contributed by atoms with E-state index in [9.17, 15) is 13.2 Å². The highest BCUT2D eigenvalue weighted by Crippen LogP contribution is 2.30. The van der Waals surface area contributed by atoms with Crippen molar-refractivity contribution in [3.05, 3.63) is 35.1 Å². The molecule has 2 N–H and O–H groups in total. The van der Waals surface area contributed by atoms with Crippen LogP contribution in [0.3, 0.4) is 0 Å². The Balaban J connectivity index is 0.00000220. The van der Waals surface area contributed by atoms with Gasteiger partial charge in [-0.1, -0.05) is 6.07 Å². The van der Waals surface area contributed by atoms with Gasteiger partial charge in [0, 0.05) is 44.4 Å². The molecule has 1 saturated heterocycles. The summed E-state index contributed by atoms with van der Waals surface area (Å²) in [6.07, 6.45) is 1.01. The minimum atomic E-state index is -1.42. The molecule has 0 radical (unpaired) electrons. The first kappa shape index (κ1) is 18.2. The molecule has 21 heavy (non-hydrogen) atoms. The summed E-state index contributed by atoms with van der Waals surface area (Å²) < 4.78 is 40.4. The van der Waals surface area contributed by atoms with Crippen LogP contribution in [0.4, 0.5) is 13.2 Å². The summed E-state index contributed by atoms with van der Waals surface area (Å²) >= 11 is 0. The first-order valence-electron chi connectivity index (χ1n) is 6.84. The number of hydrogen-bond donors (Lipinski definition) is 2. The normalized spacial score (nSPS) is 17.3. The molecular formula is C14H20ClF3N2O. The van der Waals surface area contributed by atoms with Gasteiger partial charge < -0.3 is 10.4 Å². The molecule has 0 aliphatic carbocycles. The van der Waals surface area contributed by atoms with Crippen LogP contribution >= 0.6 is 12.4 Å². The van der Waals surface area contributed by atoms with Crippen LogP contribution in [0.25, 0.3) is 0 Å². The van der Waals surface area contributed by atoms with Crippen molar-refractivity contribution in [3.8, 4) is 0 Å². The molecule has 0 bridgehead atoms. The molecule has 7 heteroatoms. The van der Waals surface area contributed by atoms with Gasteiger partial charge in [-0.3, -0.25) is 4.90 Å². The number of aliphatic hydroxyl groups is 1. The van der Waals surface area contributed by atoms with E-state index in [0.29, 0.717) is 25.9 Å². The molecule has 1 fully saturated rings. The highest BCUT2D eigenvalue weighted by Gasteiger charge is 2.26. The topological polar surface area (TPSA) is 35.5 Å². The number of rotatable bonds is 5. The van der Waals surface area contributed by atoms with Crippen LogP contribution in [0.1, 0.15) is 24.4 Å². The van der Waals surface area contributed by atoms with Crippen LogP contribution in [0.15, 0.2) is 12.1 Å². The summed E-state index contributed by atoms with van der Waals surface area (Å²) in [6, 6.07) is 1.93. The lowest BCUT2D eigenvalue weighted by atomic mass is 9.98. The maximum Gasteiger partial charge on any atom is 0.194 e. The second-order valence-electron chi connectivity index (χ2n) is 4.93. The average molecular weight is 325 g/mol. The molecule has 2 rings (SSSR count). The predicted octanol–water partition coefficient (Wildman–Crippen LogP) is 2.24. The molecule has 0 unspecified atom stereocenters. The zero-order chi connectivity index (χ0) is 14.5. The van der Waals surface area contributed by atoms with Crippen LogP contribution in [0.5, 0.6) is 0 Å².